The minimum atomic E-state index is 0.0362. The second kappa shape index (κ2) is 11.3. The van der Waals surface area contributed by atoms with Crippen molar-refractivity contribution < 1.29 is 14.3 Å². The lowest BCUT2D eigenvalue weighted by Gasteiger charge is -2.36. The lowest BCUT2D eigenvalue weighted by atomic mass is 10.2. The zero-order valence-corrected chi connectivity index (χ0v) is 19.0. The van der Waals surface area contributed by atoms with Crippen molar-refractivity contribution in [1.29, 1.82) is 0 Å². The molecule has 7 nitrogen and oxygen atoms in total. The Morgan fingerprint density at radius 1 is 0.938 bits per heavy atom. The molecule has 2 aromatic rings. The number of benzene rings is 2. The molecular weight excluding hydrogens is 404 g/mol. The van der Waals surface area contributed by atoms with E-state index in [4.69, 9.17) is 9.47 Å². The number of para-hydroxylation sites is 2. The minimum Gasteiger partial charge on any atom is -0.492 e. The number of rotatable bonds is 8. The van der Waals surface area contributed by atoms with E-state index in [0.717, 1.165) is 76.2 Å². The van der Waals surface area contributed by atoms with E-state index in [2.05, 4.69) is 38.2 Å². The van der Waals surface area contributed by atoms with Gasteiger partial charge in [0.1, 0.15) is 5.75 Å². The summed E-state index contributed by atoms with van der Waals surface area (Å²) >= 11 is 0. The SMILES string of the molecule is CCOc1ccccc1N1CCN(CC(=O)Nc2ccc(CN3CCOCC3)cc2)CC1. The molecule has 0 atom stereocenters. The molecule has 7 heteroatoms. The van der Waals surface area contributed by atoms with Crippen LogP contribution < -0.4 is 15.0 Å². The van der Waals surface area contributed by atoms with Crippen LogP contribution in [-0.2, 0) is 16.1 Å². The molecule has 0 bridgehead atoms. The average molecular weight is 439 g/mol. The molecule has 0 saturated carbocycles. The standard InChI is InChI=1S/C25H34N4O3/c1-2-32-24-6-4-3-5-23(24)29-13-11-27(12-14-29)20-25(30)26-22-9-7-21(8-10-22)19-28-15-17-31-18-16-28/h3-10H,2,11-20H2,1H3,(H,26,30). The number of nitrogens with one attached hydrogen (secondary N) is 1. The minimum absolute atomic E-state index is 0.0362. The fraction of sp³-hybridized carbons (Fsp3) is 0.480. The summed E-state index contributed by atoms with van der Waals surface area (Å²) in [6.07, 6.45) is 0. The van der Waals surface area contributed by atoms with Crippen molar-refractivity contribution in [2.24, 2.45) is 0 Å². The van der Waals surface area contributed by atoms with E-state index in [0.29, 0.717) is 13.2 Å². The maximum Gasteiger partial charge on any atom is 0.238 e. The van der Waals surface area contributed by atoms with Gasteiger partial charge in [0.25, 0.3) is 0 Å². The number of hydrogen-bond donors (Lipinski definition) is 1. The van der Waals surface area contributed by atoms with Gasteiger partial charge in [-0.25, -0.2) is 0 Å². The molecule has 0 aromatic heterocycles. The van der Waals surface area contributed by atoms with E-state index < -0.39 is 0 Å². The highest BCUT2D eigenvalue weighted by molar-refractivity contribution is 5.92. The number of morpholine rings is 1. The molecular formula is C25H34N4O3. The summed E-state index contributed by atoms with van der Waals surface area (Å²) in [6, 6.07) is 16.4. The molecule has 0 spiro atoms. The predicted molar refractivity (Wildman–Crippen MR) is 127 cm³/mol. The number of carbonyl (C=O) groups excluding carboxylic acids is 1. The van der Waals surface area contributed by atoms with Gasteiger partial charge in [-0.3, -0.25) is 14.6 Å². The highest BCUT2D eigenvalue weighted by Gasteiger charge is 2.21. The summed E-state index contributed by atoms with van der Waals surface area (Å²) in [5.41, 5.74) is 3.24. The van der Waals surface area contributed by atoms with Gasteiger partial charge in [-0.1, -0.05) is 24.3 Å². The smallest absolute Gasteiger partial charge is 0.238 e. The lowest BCUT2D eigenvalue weighted by Crippen LogP contribution is -2.48. The third-order valence-corrected chi connectivity index (χ3v) is 5.99. The van der Waals surface area contributed by atoms with Gasteiger partial charge in [-0.2, -0.15) is 0 Å². The Kier molecular flexibility index (Phi) is 7.98. The Bertz CT molecular complexity index is 860. The topological polar surface area (TPSA) is 57.3 Å². The van der Waals surface area contributed by atoms with Crippen LogP contribution in [0.15, 0.2) is 48.5 Å². The fourth-order valence-electron chi connectivity index (χ4n) is 4.26. The Morgan fingerprint density at radius 2 is 1.66 bits per heavy atom. The van der Waals surface area contributed by atoms with Crippen molar-refractivity contribution in [3.8, 4) is 5.75 Å². The van der Waals surface area contributed by atoms with Crippen LogP contribution in [0, 0.1) is 0 Å². The van der Waals surface area contributed by atoms with Crippen LogP contribution in [0.4, 0.5) is 11.4 Å². The number of amides is 1. The summed E-state index contributed by atoms with van der Waals surface area (Å²) in [6.45, 7) is 11.0. The van der Waals surface area contributed by atoms with Gasteiger partial charge in [-0.05, 0) is 36.8 Å². The number of carbonyl (C=O) groups is 1. The van der Waals surface area contributed by atoms with Crippen LogP contribution >= 0.6 is 0 Å². The maximum atomic E-state index is 12.6. The predicted octanol–water partition coefficient (Wildman–Crippen LogP) is 2.68. The van der Waals surface area contributed by atoms with Crippen molar-refractivity contribution in [1.82, 2.24) is 9.80 Å². The summed E-state index contributed by atoms with van der Waals surface area (Å²) in [7, 11) is 0. The first kappa shape index (κ1) is 22.6. The molecule has 2 aromatic carbocycles. The van der Waals surface area contributed by atoms with Crippen LogP contribution in [0.2, 0.25) is 0 Å². The number of anilines is 2. The van der Waals surface area contributed by atoms with Crippen LogP contribution in [0.25, 0.3) is 0 Å². The van der Waals surface area contributed by atoms with E-state index in [-0.39, 0.29) is 5.91 Å². The number of hydrogen-bond acceptors (Lipinski definition) is 6. The van der Waals surface area contributed by atoms with Gasteiger partial charge < -0.3 is 19.7 Å². The molecule has 0 unspecified atom stereocenters. The highest BCUT2D eigenvalue weighted by atomic mass is 16.5. The molecule has 32 heavy (non-hydrogen) atoms. The van der Waals surface area contributed by atoms with Crippen LogP contribution in [-0.4, -0.2) is 81.3 Å². The van der Waals surface area contributed by atoms with Gasteiger partial charge in [-0.15, -0.1) is 0 Å². The molecule has 172 valence electrons. The van der Waals surface area contributed by atoms with E-state index in [1.165, 1.54) is 5.56 Å². The quantitative estimate of drug-likeness (QED) is 0.684. The largest absolute Gasteiger partial charge is 0.492 e. The highest BCUT2D eigenvalue weighted by Crippen LogP contribution is 2.28. The molecule has 2 heterocycles. The second-order valence-electron chi connectivity index (χ2n) is 8.30. The van der Waals surface area contributed by atoms with Crippen molar-refractivity contribution >= 4 is 17.3 Å². The monoisotopic (exact) mass is 438 g/mol. The van der Waals surface area contributed by atoms with Crippen molar-refractivity contribution in [3.63, 3.8) is 0 Å². The zero-order chi connectivity index (χ0) is 22.2. The average Bonchev–Trinajstić information content (AvgIpc) is 2.82. The number of piperazine rings is 1. The molecule has 1 amide bonds. The van der Waals surface area contributed by atoms with Crippen LogP contribution in [0.1, 0.15) is 12.5 Å². The Morgan fingerprint density at radius 3 is 2.38 bits per heavy atom. The summed E-state index contributed by atoms with van der Waals surface area (Å²) in [5.74, 6) is 0.965. The van der Waals surface area contributed by atoms with Crippen LogP contribution in [0.5, 0.6) is 5.75 Å². The van der Waals surface area contributed by atoms with E-state index in [1.54, 1.807) is 0 Å². The van der Waals surface area contributed by atoms with Gasteiger partial charge in [0.05, 0.1) is 32.1 Å². The van der Waals surface area contributed by atoms with Gasteiger partial charge >= 0.3 is 0 Å². The fourth-order valence-corrected chi connectivity index (χ4v) is 4.26. The molecule has 2 aliphatic rings. The van der Waals surface area contributed by atoms with Crippen molar-refractivity contribution in [2.45, 2.75) is 13.5 Å². The molecule has 1 N–H and O–H groups in total. The normalized spacial score (nSPS) is 17.8. The third-order valence-electron chi connectivity index (χ3n) is 5.99. The van der Waals surface area contributed by atoms with Crippen molar-refractivity contribution in [2.75, 3.05) is 75.9 Å². The third kappa shape index (κ3) is 6.22. The van der Waals surface area contributed by atoms with Crippen LogP contribution in [0.3, 0.4) is 0 Å². The second-order valence-corrected chi connectivity index (χ2v) is 8.30. The first-order valence-electron chi connectivity index (χ1n) is 11.6. The van der Waals surface area contributed by atoms with Crippen molar-refractivity contribution in [3.05, 3.63) is 54.1 Å². The van der Waals surface area contributed by atoms with Gasteiger partial charge in [0, 0.05) is 51.5 Å². The molecule has 4 rings (SSSR count). The first-order valence-corrected chi connectivity index (χ1v) is 11.6. The molecule has 0 radical (unpaired) electrons. The maximum absolute atomic E-state index is 12.6. The lowest BCUT2D eigenvalue weighted by molar-refractivity contribution is -0.117. The van der Waals surface area contributed by atoms with E-state index in [9.17, 15) is 4.79 Å². The number of nitrogens with zero attached hydrogens (tertiary/aromatic N) is 3. The molecule has 2 aliphatic heterocycles. The molecule has 0 aliphatic carbocycles. The van der Waals surface area contributed by atoms with Gasteiger partial charge in [0.15, 0.2) is 0 Å². The van der Waals surface area contributed by atoms with E-state index in [1.807, 2.05) is 37.3 Å². The Labute approximate surface area is 190 Å². The summed E-state index contributed by atoms with van der Waals surface area (Å²) < 4.78 is 11.2. The summed E-state index contributed by atoms with van der Waals surface area (Å²) in [4.78, 5) is 19.5. The number of ether oxygens (including phenoxy) is 2. The molecule has 2 fully saturated rings. The van der Waals surface area contributed by atoms with E-state index >= 15 is 0 Å². The summed E-state index contributed by atoms with van der Waals surface area (Å²) in [5, 5.41) is 3.04. The van der Waals surface area contributed by atoms with Gasteiger partial charge in [0.2, 0.25) is 5.91 Å². The first-order chi connectivity index (χ1) is 15.7. The Hall–Kier alpha value is -2.61. The Balaban J connectivity index is 1.22. The zero-order valence-electron chi connectivity index (χ0n) is 19.0. The molecule has 2 saturated heterocycles.